The van der Waals surface area contributed by atoms with Crippen molar-refractivity contribution in [3.05, 3.63) is 18.3 Å². The Balaban J connectivity index is 2.16. The van der Waals surface area contributed by atoms with E-state index < -0.39 is 0 Å². The number of nitrogens with two attached hydrogens (primary N) is 1. The number of nitrogen functional groups attached to an aromatic ring is 1. The summed E-state index contributed by atoms with van der Waals surface area (Å²) in [7, 11) is 1.60. The maximum Gasteiger partial charge on any atom is 0.165 e. The minimum Gasteiger partial charge on any atom is -0.496 e. The second-order valence-corrected chi connectivity index (χ2v) is 3.89. The summed E-state index contributed by atoms with van der Waals surface area (Å²) in [5.74, 6) is 2.54. The first-order valence-corrected chi connectivity index (χ1v) is 5.56. The van der Waals surface area contributed by atoms with Crippen molar-refractivity contribution in [1.82, 2.24) is 10.2 Å². The number of H-pyrrole nitrogens is 1. The largest absolute Gasteiger partial charge is 0.496 e. The summed E-state index contributed by atoms with van der Waals surface area (Å²) in [4.78, 5) is 0. The number of anilines is 1. The first kappa shape index (κ1) is 10.8. The highest BCUT2D eigenvalue weighted by molar-refractivity contribution is 5.80. The highest BCUT2D eigenvalue weighted by Crippen LogP contribution is 2.42. The number of ether oxygens (including phenoxy) is 3. The topological polar surface area (TPSA) is 82.4 Å². The van der Waals surface area contributed by atoms with Gasteiger partial charge in [-0.2, -0.15) is 5.10 Å². The van der Waals surface area contributed by atoms with Gasteiger partial charge in [-0.3, -0.25) is 5.10 Å². The van der Waals surface area contributed by atoms with Gasteiger partial charge >= 0.3 is 0 Å². The van der Waals surface area contributed by atoms with E-state index in [1.165, 1.54) is 0 Å². The highest BCUT2D eigenvalue weighted by atomic mass is 16.6. The van der Waals surface area contributed by atoms with E-state index in [2.05, 4.69) is 10.2 Å². The summed E-state index contributed by atoms with van der Waals surface area (Å²) in [6, 6.07) is 3.66. The number of nitrogens with zero attached hydrogens (tertiary/aromatic N) is 1. The molecule has 1 aromatic heterocycles. The molecule has 0 amide bonds. The maximum atomic E-state index is 5.83. The summed E-state index contributed by atoms with van der Waals surface area (Å²) in [6.07, 6.45) is 1.66. The van der Waals surface area contributed by atoms with Crippen molar-refractivity contribution >= 4 is 5.82 Å². The third-order valence-corrected chi connectivity index (χ3v) is 2.82. The summed E-state index contributed by atoms with van der Waals surface area (Å²) in [5, 5.41) is 6.61. The predicted octanol–water partition coefficient (Wildman–Crippen LogP) is 1.44. The number of methoxy groups -OCH3 is 1. The van der Waals surface area contributed by atoms with Gasteiger partial charge in [0, 0.05) is 17.2 Å². The molecule has 0 unspecified atom stereocenters. The van der Waals surface area contributed by atoms with Gasteiger partial charge in [-0.25, -0.2) is 0 Å². The van der Waals surface area contributed by atoms with Crippen LogP contribution in [0.15, 0.2) is 18.3 Å². The zero-order chi connectivity index (χ0) is 12.5. The Labute approximate surface area is 104 Å². The molecule has 0 bridgehead atoms. The zero-order valence-electron chi connectivity index (χ0n) is 9.90. The first-order chi connectivity index (χ1) is 8.79. The van der Waals surface area contributed by atoms with E-state index >= 15 is 0 Å². The van der Waals surface area contributed by atoms with E-state index in [-0.39, 0.29) is 0 Å². The lowest BCUT2D eigenvalue weighted by molar-refractivity contribution is 0.171. The Kier molecular flexibility index (Phi) is 2.47. The fourth-order valence-electron chi connectivity index (χ4n) is 1.96. The molecule has 94 valence electrons. The van der Waals surface area contributed by atoms with E-state index in [4.69, 9.17) is 19.9 Å². The lowest BCUT2D eigenvalue weighted by Gasteiger charge is -2.20. The van der Waals surface area contributed by atoms with Crippen LogP contribution in [0.2, 0.25) is 0 Å². The van der Waals surface area contributed by atoms with Crippen LogP contribution in [0.25, 0.3) is 11.1 Å². The number of rotatable bonds is 2. The monoisotopic (exact) mass is 247 g/mol. The minimum absolute atomic E-state index is 0.491. The van der Waals surface area contributed by atoms with Crippen molar-refractivity contribution in [3.8, 4) is 28.4 Å². The molecule has 0 radical (unpaired) electrons. The molecule has 0 spiro atoms. The number of hydrogen-bond acceptors (Lipinski definition) is 5. The lowest BCUT2D eigenvalue weighted by atomic mass is 10.1. The quantitative estimate of drug-likeness (QED) is 0.839. The number of benzene rings is 1. The van der Waals surface area contributed by atoms with Crippen LogP contribution in [-0.2, 0) is 0 Å². The average molecular weight is 247 g/mol. The molecule has 3 rings (SSSR count). The molecule has 0 aliphatic carbocycles. The Morgan fingerprint density at radius 1 is 1.22 bits per heavy atom. The molecule has 1 aliphatic heterocycles. The molecule has 2 aromatic rings. The van der Waals surface area contributed by atoms with Gasteiger partial charge in [0.1, 0.15) is 24.8 Å². The van der Waals surface area contributed by atoms with Crippen LogP contribution in [0.1, 0.15) is 0 Å². The Morgan fingerprint density at radius 3 is 2.56 bits per heavy atom. The average Bonchev–Trinajstić information content (AvgIpc) is 2.83. The van der Waals surface area contributed by atoms with E-state index in [0.29, 0.717) is 36.3 Å². The van der Waals surface area contributed by atoms with Crippen molar-refractivity contribution in [1.29, 1.82) is 0 Å². The van der Waals surface area contributed by atoms with Crippen molar-refractivity contribution < 1.29 is 14.2 Å². The van der Waals surface area contributed by atoms with E-state index in [0.717, 1.165) is 11.1 Å². The van der Waals surface area contributed by atoms with E-state index in [9.17, 15) is 0 Å². The summed E-state index contributed by atoms with van der Waals surface area (Å²) >= 11 is 0. The van der Waals surface area contributed by atoms with Crippen LogP contribution >= 0.6 is 0 Å². The Morgan fingerprint density at radius 2 is 1.94 bits per heavy atom. The molecular formula is C12H13N3O3. The Bertz CT molecular complexity index is 580. The SMILES string of the molecule is COc1cc2c(cc1-c1cn[nH]c1N)OCCO2. The van der Waals surface area contributed by atoms with Crippen molar-refractivity contribution in [2.45, 2.75) is 0 Å². The zero-order valence-corrected chi connectivity index (χ0v) is 9.90. The van der Waals surface area contributed by atoms with Gasteiger partial charge in [-0.15, -0.1) is 0 Å². The van der Waals surface area contributed by atoms with Gasteiger partial charge in [0.25, 0.3) is 0 Å². The molecule has 6 nitrogen and oxygen atoms in total. The molecule has 0 saturated carbocycles. The smallest absolute Gasteiger partial charge is 0.165 e. The first-order valence-electron chi connectivity index (χ1n) is 5.56. The highest BCUT2D eigenvalue weighted by Gasteiger charge is 2.19. The number of aromatic nitrogens is 2. The van der Waals surface area contributed by atoms with E-state index in [1.54, 1.807) is 19.4 Å². The molecule has 0 atom stereocenters. The number of hydrogen-bond donors (Lipinski definition) is 2. The third-order valence-electron chi connectivity index (χ3n) is 2.82. The van der Waals surface area contributed by atoms with Gasteiger partial charge in [0.15, 0.2) is 11.5 Å². The van der Waals surface area contributed by atoms with Crippen LogP contribution in [0.3, 0.4) is 0 Å². The Hall–Kier alpha value is -2.37. The molecule has 0 fully saturated rings. The van der Waals surface area contributed by atoms with Crippen LogP contribution in [-0.4, -0.2) is 30.5 Å². The second-order valence-electron chi connectivity index (χ2n) is 3.89. The molecular weight excluding hydrogens is 234 g/mol. The number of aromatic amines is 1. The van der Waals surface area contributed by atoms with Crippen LogP contribution in [0, 0.1) is 0 Å². The molecule has 1 aliphatic rings. The summed E-state index contributed by atoms with van der Waals surface area (Å²) in [5.41, 5.74) is 7.43. The number of nitrogens with one attached hydrogen (secondary N) is 1. The lowest BCUT2D eigenvalue weighted by Crippen LogP contribution is -2.15. The van der Waals surface area contributed by atoms with E-state index in [1.807, 2.05) is 6.07 Å². The summed E-state index contributed by atoms with van der Waals surface area (Å²) < 4.78 is 16.4. The maximum absolute atomic E-state index is 5.83. The van der Waals surface area contributed by atoms with Gasteiger partial charge < -0.3 is 19.9 Å². The standard InChI is InChI=1S/C12H13N3O3/c1-16-9-5-11-10(17-2-3-18-11)4-7(9)8-6-14-15-12(8)13/h4-6H,2-3H2,1H3,(H3,13,14,15). The van der Waals surface area contributed by atoms with Gasteiger partial charge in [-0.05, 0) is 6.07 Å². The predicted molar refractivity (Wildman–Crippen MR) is 66.0 cm³/mol. The van der Waals surface area contributed by atoms with Gasteiger partial charge in [0.2, 0.25) is 0 Å². The molecule has 18 heavy (non-hydrogen) atoms. The molecule has 3 N–H and O–H groups in total. The molecule has 2 heterocycles. The van der Waals surface area contributed by atoms with Crippen LogP contribution in [0.4, 0.5) is 5.82 Å². The fourth-order valence-corrected chi connectivity index (χ4v) is 1.96. The van der Waals surface area contributed by atoms with Crippen LogP contribution < -0.4 is 19.9 Å². The third kappa shape index (κ3) is 1.62. The van der Waals surface area contributed by atoms with Gasteiger partial charge in [-0.1, -0.05) is 0 Å². The minimum atomic E-state index is 0.491. The molecule has 0 saturated heterocycles. The van der Waals surface area contributed by atoms with Crippen molar-refractivity contribution in [3.63, 3.8) is 0 Å². The summed E-state index contributed by atoms with van der Waals surface area (Å²) in [6.45, 7) is 1.09. The second kappa shape index (κ2) is 4.14. The van der Waals surface area contributed by atoms with Gasteiger partial charge in [0.05, 0.1) is 13.3 Å². The van der Waals surface area contributed by atoms with Crippen molar-refractivity contribution in [2.75, 3.05) is 26.1 Å². The molecule has 1 aromatic carbocycles. The van der Waals surface area contributed by atoms with Crippen LogP contribution in [0.5, 0.6) is 17.2 Å². The van der Waals surface area contributed by atoms with Crippen molar-refractivity contribution in [2.24, 2.45) is 0 Å². The molecule has 6 heteroatoms. The fraction of sp³-hybridized carbons (Fsp3) is 0.250. The number of fused-ring (bicyclic) bond motifs is 1. The normalized spacial score (nSPS) is 13.4.